The molecular formula is C32H30N2O3. The zero-order valence-corrected chi connectivity index (χ0v) is 21.0. The summed E-state index contributed by atoms with van der Waals surface area (Å²) in [5.74, 6) is 0. The number of amides is 2. The van der Waals surface area contributed by atoms with Gasteiger partial charge in [0.15, 0.2) is 11.3 Å². The van der Waals surface area contributed by atoms with Crippen molar-refractivity contribution < 1.29 is 14.6 Å². The maximum Gasteiger partial charge on any atom is 0.322 e. The highest BCUT2D eigenvalue weighted by molar-refractivity contribution is 5.78. The van der Waals surface area contributed by atoms with E-state index in [4.69, 9.17) is 4.74 Å². The van der Waals surface area contributed by atoms with E-state index in [0.717, 1.165) is 11.1 Å². The smallest absolute Gasteiger partial charge is 0.322 e. The second-order valence-electron chi connectivity index (χ2n) is 9.97. The van der Waals surface area contributed by atoms with E-state index in [0.29, 0.717) is 17.5 Å². The first kappa shape index (κ1) is 23.5. The Morgan fingerprint density at radius 3 is 1.57 bits per heavy atom. The summed E-state index contributed by atoms with van der Waals surface area (Å²) in [5, 5.41) is 13.0. The molecule has 0 radical (unpaired) electrons. The normalized spacial score (nSPS) is 22.8. The Hall–Kier alpha value is -3.93. The number of benzene rings is 4. The number of ether oxygens (including phenoxy) is 1. The van der Waals surface area contributed by atoms with Gasteiger partial charge in [0.2, 0.25) is 0 Å². The van der Waals surface area contributed by atoms with Gasteiger partial charge in [-0.2, -0.15) is 0 Å². The minimum absolute atomic E-state index is 0.199. The van der Waals surface area contributed by atoms with Crippen LogP contribution in [0.2, 0.25) is 0 Å². The van der Waals surface area contributed by atoms with Crippen LogP contribution < -0.4 is 0 Å². The molecule has 2 atom stereocenters. The average molecular weight is 491 g/mol. The molecule has 2 heterocycles. The molecule has 4 aromatic rings. The highest BCUT2D eigenvalue weighted by atomic mass is 16.6. The van der Waals surface area contributed by atoms with Gasteiger partial charge >= 0.3 is 6.03 Å². The van der Waals surface area contributed by atoms with E-state index in [1.54, 1.807) is 16.8 Å². The van der Waals surface area contributed by atoms with Gasteiger partial charge in [-0.3, -0.25) is 4.90 Å². The molecule has 2 saturated heterocycles. The van der Waals surface area contributed by atoms with Crippen LogP contribution in [0.5, 0.6) is 0 Å². The number of fused-ring (bicyclic) bond motifs is 2. The number of rotatable bonds is 5. The fraction of sp³-hybridized carbons (Fsp3) is 0.219. The first-order valence-corrected chi connectivity index (χ1v) is 12.6. The summed E-state index contributed by atoms with van der Waals surface area (Å²) >= 11 is 0. The zero-order chi connectivity index (χ0) is 25.7. The van der Waals surface area contributed by atoms with E-state index < -0.39 is 16.9 Å². The number of hydrogen-bond acceptors (Lipinski definition) is 3. The van der Waals surface area contributed by atoms with Crippen molar-refractivity contribution in [3.8, 4) is 0 Å². The van der Waals surface area contributed by atoms with Crippen LogP contribution in [0.3, 0.4) is 0 Å². The lowest BCUT2D eigenvalue weighted by Gasteiger charge is -2.52. The predicted octanol–water partition coefficient (Wildman–Crippen LogP) is 5.35. The van der Waals surface area contributed by atoms with Gasteiger partial charge in [-0.25, -0.2) is 4.79 Å². The quantitative estimate of drug-likeness (QED) is 0.410. The lowest BCUT2D eigenvalue weighted by Crippen LogP contribution is -2.68. The Morgan fingerprint density at radius 1 is 0.730 bits per heavy atom. The number of carbonyl (C=O) groups is 1. The van der Waals surface area contributed by atoms with Gasteiger partial charge < -0.3 is 14.7 Å². The van der Waals surface area contributed by atoms with Gasteiger partial charge in [0, 0.05) is 20.5 Å². The minimum Gasteiger partial charge on any atom is -0.375 e. The molecule has 6 rings (SSSR count). The molecule has 0 spiro atoms. The first-order valence-electron chi connectivity index (χ1n) is 12.6. The summed E-state index contributed by atoms with van der Waals surface area (Å²) < 4.78 is 7.37. The molecule has 1 N–H and O–H groups in total. The predicted molar refractivity (Wildman–Crippen MR) is 143 cm³/mol. The van der Waals surface area contributed by atoms with E-state index in [1.807, 2.05) is 128 Å². The molecule has 2 fully saturated rings. The van der Waals surface area contributed by atoms with Crippen LogP contribution in [0.15, 0.2) is 121 Å². The van der Waals surface area contributed by atoms with Gasteiger partial charge in [0.05, 0.1) is 6.04 Å². The van der Waals surface area contributed by atoms with Crippen molar-refractivity contribution >= 4 is 6.03 Å². The summed E-state index contributed by atoms with van der Waals surface area (Å²) in [6.45, 7) is 0. The summed E-state index contributed by atoms with van der Waals surface area (Å²) in [6.07, 6.45) is 0.399. The highest BCUT2D eigenvalue weighted by Gasteiger charge is 2.72. The standard InChI is InChI=1S/C32H30N2O3/c1-33-28-23-30(34(2)29(33)35,32(36,26-19-11-5-12-20-26)27-21-13-6-14-22-27)37-31(28,24-15-7-3-8-16-24)25-17-9-4-10-18-25/h3-22,28,36H,23H2,1-2H3/t28-,30+/m0/s1. The fourth-order valence-corrected chi connectivity index (χ4v) is 6.40. The molecule has 4 aromatic carbocycles. The SMILES string of the molecule is CN1C(=O)N(C)[C@]2(C(O)(c3ccccc3)c3ccccc3)C[C@H]1C(c1ccccc1)(c1ccccc1)O2. The third-order valence-electron chi connectivity index (χ3n) is 8.22. The largest absolute Gasteiger partial charge is 0.375 e. The average Bonchev–Trinajstić information content (AvgIpc) is 3.33. The maximum atomic E-state index is 13.9. The molecule has 0 saturated carbocycles. The third-order valence-corrected chi connectivity index (χ3v) is 8.22. The molecule has 0 aromatic heterocycles. The second-order valence-corrected chi connectivity index (χ2v) is 9.97. The summed E-state index contributed by atoms with van der Waals surface area (Å²) in [5.41, 5.74) is -0.838. The molecule has 5 heteroatoms. The van der Waals surface area contributed by atoms with Crippen LogP contribution >= 0.6 is 0 Å². The van der Waals surface area contributed by atoms with Gasteiger partial charge in [-0.05, 0) is 22.3 Å². The van der Waals surface area contributed by atoms with E-state index in [-0.39, 0.29) is 12.1 Å². The minimum atomic E-state index is -1.65. The molecule has 2 aliphatic rings. The van der Waals surface area contributed by atoms with Crippen molar-refractivity contribution in [3.63, 3.8) is 0 Å². The zero-order valence-electron chi connectivity index (χ0n) is 21.0. The summed E-state index contributed by atoms with van der Waals surface area (Å²) in [7, 11) is 3.56. The lowest BCUT2D eigenvalue weighted by atomic mass is 9.72. The van der Waals surface area contributed by atoms with Crippen LogP contribution in [-0.4, -0.2) is 46.8 Å². The maximum absolute atomic E-state index is 13.9. The summed E-state index contributed by atoms with van der Waals surface area (Å²) in [4.78, 5) is 17.3. The fourth-order valence-electron chi connectivity index (χ4n) is 6.40. The molecule has 0 aliphatic carbocycles. The number of carbonyl (C=O) groups excluding carboxylic acids is 1. The van der Waals surface area contributed by atoms with Gasteiger partial charge in [-0.1, -0.05) is 121 Å². The molecule has 0 unspecified atom stereocenters. The number of likely N-dealkylation sites (N-methyl/N-ethyl adjacent to an activating group) is 2. The Morgan fingerprint density at radius 2 is 1.14 bits per heavy atom. The number of aliphatic hydroxyl groups is 1. The molecule has 2 bridgehead atoms. The molecular weight excluding hydrogens is 460 g/mol. The van der Waals surface area contributed by atoms with Gasteiger partial charge in [-0.15, -0.1) is 0 Å². The van der Waals surface area contributed by atoms with E-state index in [9.17, 15) is 9.90 Å². The van der Waals surface area contributed by atoms with Crippen molar-refractivity contribution in [2.75, 3.05) is 14.1 Å². The topological polar surface area (TPSA) is 53.0 Å². The molecule has 5 nitrogen and oxygen atoms in total. The van der Waals surface area contributed by atoms with Crippen molar-refractivity contribution in [1.29, 1.82) is 0 Å². The Kier molecular flexibility index (Phi) is 5.44. The van der Waals surface area contributed by atoms with E-state index >= 15 is 0 Å². The highest BCUT2D eigenvalue weighted by Crippen LogP contribution is 2.61. The van der Waals surface area contributed by atoms with Crippen molar-refractivity contribution in [2.24, 2.45) is 0 Å². The van der Waals surface area contributed by atoms with Crippen LogP contribution in [0, 0.1) is 0 Å². The Balaban J connectivity index is 1.68. The monoisotopic (exact) mass is 490 g/mol. The van der Waals surface area contributed by atoms with Crippen LogP contribution in [0.4, 0.5) is 4.79 Å². The molecule has 37 heavy (non-hydrogen) atoms. The Labute approximate surface area is 217 Å². The Bertz CT molecular complexity index is 1320. The van der Waals surface area contributed by atoms with Crippen LogP contribution in [0.1, 0.15) is 28.7 Å². The molecule has 186 valence electrons. The van der Waals surface area contributed by atoms with Crippen LogP contribution in [0.25, 0.3) is 0 Å². The van der Waals surface area contributed by atoms with Crippen molar-refractivity contribution in [2.45, 2.75) is 29.4 Å². The number of urea groups is 1. The van der Waals surface area contributed by atoms with E-state index in [2.05, 4.69) is 0 Å². The third kappa shape index (κ3) is 3.14. The lowest BCUT2D eigenvalue weighted by molar-refractivity contribution is -0.237. The number of hydrogen-bond donors (Lipinski definition) is 1. The number of nitrogens with zero attached hydrogens (tertiary/aromatic N) is 2. The first-order chi connectivity index (χ1) is 17.9. The molecule has 2 aliphatic heterocycles. The van der Waals surface area contributed by atoms with Crippen LogP contribution in [-0.2, 0) is 15.9 Å². The van der Waals surface area contributed by atoms with E-state index in [1.165, 1.54) is 0 Å². The van der Waals surface area contributed by atoms with Crippen molar-refractivity contribution in [3.05, 3.63) is 144 Å². The molecule has 2 amide bonds. The van der Waals surface area contributed by atoms with Crippen molar-refractivity contribution in [1.82, 2.24) is 9.80 Å². The summed E-state index contributed by atoms with van der Waals surface area (Å²) in [6, 6.07) is 38.6. The second kappa shape index (κ2) is 8.58. The van der Waals surface area contributed by atoms with Gasteiger partial charge in [0.1, 0.15) is 5.60 Å². The van der Waals surface area contributed by atoms with Gasteiger partial charge in [0.25, 0.3) is 0 Å².